The van der Waals surface area contributed by atoms with E-state index >= 15 is 0 Å². The Morgan fingerprint density at radius 2 is 2.05 bits per heavy atom. The molecule has 0 amide bonds. The molecule has 1 aliphatic heterocycles. The maximum absolute atomic E-state index is 12.8. The van der Waals surface area contributed by atoms with Crippen LogP contribution in [-0.4, -0.2) is 51.4 Å². The summed E-state index contributed by atoms with van der Waals surface area (Å²) in [5.41, 5.74) is 6.48. The molecule has 1 saturated heterocycles. The first-order valence-electron chi connectivity index (χ1n) is 7.28. The molecule has 0 saturated carbocycles. The lowest BCUT2D eigenvalue weighted by atomic mass is 9.97. The van der Waals surface area contributed by atoms with Gasteiger partial charge < -0.3 is 10.6 Å². The van der Waals surface area contributed by atoms with Gasteiger partial charge in [0.15, 0.2) is 0 Å². The summed E-state index contributed by atoms with van der Waals surface area (Å²) in [5.74, 6) is 0.446. The third kappa shape index (κ3) is 3.65. The van der Waals surface area contributed by atoms with Gasteiger partial charge in [0, 0.05) is 25.0 Å². The van der Waals surface area contributed by atoms with E-state index in [0.717, 1.165) is 36.4 Å². The zero-order chi connectivity index (χ0) is 15.6. The smallest absolute Gasteiger partial charge is 0.244 e. The van der Waals surface area contributed by atoms with Gasteiger partial charge >= 0.3 is 0 Å². The zero-order valence-corrected chi connectivity index (χ0v) is 14.6. The van der Waals surface area contributed by atoms with E-state index in [2.05, 4.69) is 11.9 Å². The van der Waals surface area contributed by atoms with Crippen LogP contribution in [0.25, 0.3) is 0 Å². The highest BCUT2D eigenvalue weighted by atomic mass is 32.2. The van der Waals surface area contributed by atoms with Crippen molar-refractivity contribution in [3.63, 3.8) is 0 Å². The maximum atomic E-state index is 12.8. The molecule has 7 heteroatoms. The molecule has 2 heterocycles. The monoisotopic (exact) mass is 331 g/mol. The first-order valence-corrected chi connectivity index (χ1v) is 9.60. The van der Waals surface area contributed by atoms with Gasteiger partial charge in [-0.1, -0.05) is 0 Å². The van der Waals surface area contributed by atoms with Crippen molar-refractivity contribution in [2.75, 3.05) is 33.7 Å². The van der Waals surface area contributed by atoms with Gasteiger partial charge in [-0.25, -0.2) is 12.7 Å². The molecule has 5 nitrogen and oxygen atoms in total. The van der Waals surface area contributed by atoms with Gasteiger partial charge in [-0.05, 0) is 56.8 Å². The summed E-state index contributed by atoms with van der Waals surface area (Å²) in [6.07, 6.45) is 2.12. The number of rotatable bonds is 5. The molecule has 21 heavy (non-hydrogen) atoms. The van der Waals surface area contributed by atoms with E-state index in [4.69, 9.17) is 5.73 Å². The van der Waals surface area contributed by atoms with E-state index in [1.54, 1.807) is 7.05 Å². The van der Waals surface area contributed by atoms with E-state index in [1.165, 1.54) is 15.6 Å². The van der Waals surface area contributed by atoms with E-state index in [1.807, 2.05) is 12.3 Å². The number of aryl methyl sites for hydroxylation is 1. The lowest BCUT2D eigenvalue weighted by Crippen LogP contribution is -2.38. The number of sulfonamides is 1. The Labute approximate surface area is 131 Å². The lowest BCUT2D eigenvalue weighted by molar-refractivity contribution is 0.202. The minimum absolute atomic E-state index is 0.273. The molecule has 1 fully saturated rings. The second-order valence-electron chi connectivity index (χ2n) is 5.91. The first-order chi connectivity index (χ1) is 9.86. The molecule has 0 spiro atoms. The van der Waals surface area contributed by atoms with Crippen molar-refractivity contribution in [3.05, 3.63) is 15.8 Å². The molecule has 0 aromatic carbocycles. The third-order valence-corrected chi connectivity index (χ3v) is 7.51. The van der Waals surface area contributed by atoms with Crippen LogP contribution in [0.5, 0.6) is 0 Å². The van der Waals surface area contributed by atoms with Gasteiger partial charge in [0.1, 0.15) is 4.90 Å². The highest BCUT2D eigenvalue weighted by Gasteiger charge is 2.29. The van der Waals surface area contributed by atoms with Gasteiger partial charge in [-0.15, -0.1) is 11.3 Å². The number of hydrogen-bond donors (Lipinski definition) is 1. The summed E-state index contributed by atoms with van der Waals surface area (Å²) in [7, 11) is 0.364. The van der Waals surface area contributed by atoms with Gasteiger partial charge in [0.2, 0.25) is 10.0 Å². The standard InChI is InChI=1S/C14H25N3O2S2/c1-11-10-20-13(8-15)14(11)21(18,19)17(3)9-12-4-6-16(2)7-5-12/h10,12H,4-9,15H2,1-3H3. The second-order valence-corrected chi connectivity index (χ2v) is 8.85. The van der Waals surface area contributed by atoms with Crippen molar-refractivity contribution in [1.82, 2.24) is 9.21 Å². The largest absolute Gasteiger partial charge is 0.326 e. The summed E-state index contributed by atoms with van der Waals surface area (Å²) in [5, 5.41) is 1.87. The summed E-state index contributed by atoms with van der Waals surface area (Å²) in [4.78, 5) is 3.47. The van der Waals surface area contributed by atoms with Crippen LogP contribution in [0.4, 0.5) is 0 Å². The maximum Gasteiger partial charge on any atom is 0.244 e. The molecule has 1 aromatic heterocycles. The minimum Gasteiger partial charge on any atom is -0.326 e. The Morgan fingerprint density at radius 3 is 2.62 bits per heavy atom. The van der Waals surface area contributed by atoms with Crippen molar-refractivity contribution in [3.8, 4) is 0 Å². The molecule has 0 atom stereocenters. The Balaban J connectivity index is 2.13. The molecule has 2 N–H and O–H groups in total. The summed E-state index contributed by atoms with van der Waals surface area (Å²) in [6.45, 7) is 4.80. The van der Waals surface area contributed by atoms with E-state index in [0.29, 0.717) is 17.4 Å². The number of piperidine rings is 1. The van der Waals surface area contributed by atoms with Gasteiger partial charge in [0.25, 0.3) is 0 Å². The average Bonchev–Trinajstić information content (AvgIpc) is 2.83. The predicted octanol–water partition coefficient (Wildman–Crippen LogP) is 1.48. The molecular weight excluding hydrogens is 306 g/mol. The third-order valence-electron chi connectivity index (χ3n) is 4.20. The number of hydrogen-bond acceptors (Lipinski definition) is 5. The molecule has 1 aliphatic rings. The van der Waals surface area contributed by atoms with E-state index in [9.17, 15) is 8.42 Å². The van der Waals surface area contributed by atoms with E-state index in [-0.39, 0.29) is 6.54 Å². The number of likely N-dealkylation sites (tertiary alicyclic amines) is 1. The minimum atomic E-state index is -3.43. The fraction of sp³-hybridized carbons (Fsp3) is 0.714. The average molecular weight is 332 g/mol. The number of nitrogens with two attached hydrogens (primary N) is 1. The van der Waals surface area contributed by atoms with Crippen LogP contribution in [0, 0.1) is 12.8 Å². The van der Waals surface area contributed by atoms with Gasteiger partial charge in [-0.3, -0.25) is 0 Å². The Hall–Kier alpha value is -0.470. The summed E-state index contributed by atoms with van der Waals surface area (Å²) < 4.78 is 27.1. The fourth-order valence-corrected chi connectivity index (χ4v) is 5.73. The molecule has 0 bridgehead atoms. The van der Waals surface area contributed by atoms with Crippen molar-refractivity contribution in [2.45, 2.75) is 31.2 Å². The van der Waals surface area contributed by atoms with Crippen LogP contribution in [0.2, 0.25) is 0 Å². The van der Waals surface area contributed by atoms with Gasteiger partial charge in [0.05, 0.1) is 0 Å². The van der Waals surface area contributed by atoms with Crippen LogP contribution in [0.15, 0.2) is 10.3 Å². The molecule has 1 aromatic rings. The summed E-state index contributed by atoms with van der Waals surface area (Å²) in [6, 6.07) is 0. The number of nitrogens with zero attached hydrogens (tertiary/aromatic N) is 2. The highest BCUT2D eigenvalue weighted by Crippen LogP contribution is 2.29. The fourth-order valence-electron chi connectivity index (χ4n) is 2.84. The van der Waals surface area contributed by atoms with Crippen molar-refractivity contribution in [2.24, 2.45) is 11.7 Å². The van der Waals surface area contributed by atoms with E-state index < -0.39 is 10.0 Å². The second kappa shape index (κ2) is 6.75. The molecule has 0 unspecified atom stereocenters. The lowest BCUT2D eigenvalue weighted by Gasteiger charge is -2.31. The SMILES string of the molecule is Cc1csc(CN)c1S(=O)(=O)N(C)CC1CCN(C)CC1. The summed E-state index contributed by atoms with van der Waals surface area (Å²) >= 11 is 1.43. The van der Waals surface area contributed by atoms with Crippen LogP contribution in [-0.2, 0) is 16.6 Å². The first kappa shape index (κ1) is 16.9. The molecule has 2 rings (SSSR count). The topological polar surface area (TPSA) is 66.6 Å². The van der Waals surface area contributed by atoms with Crippen LogP contribution in [0.1, 0.15) is 23.3 Å². The van der Waals surface area contributed by atoms with Crippen LogP contribution in [0.3, 0.4) is 0 Å². The molecular formula is C14H25N3O2S2. The molecule has 120 valence electrons. The number of thiophene rings is 1. The van der Waals surface area contributed by atoms with Crippen molar-refractivity contribution >= 4 is 21.4 Å². The Kier molecular flexibility index (Phi) is 5.43. The normalized spacial score (nSPS) is 18.5. The molecule has 0 radical (unpaired) electrons. The van der Waals surface area contributed by atoms with Crippen LogP contribution < -0.4 is 5.73 Å². The van der Waals surface area contributed by atoms with Crippen molar-refractivity contribution < 1.29 is 8.42 Å². The zero-order valence-electron chi connectivity index (χ0n) is 13.0. The molecule has 0 aliphatic carbocycles. The highest BCUT2D eigenvalue weighted by molar-refractivity contribution is 7.89. The Bertz CT molecular complexity index is 575. The predicted molar refractivity (Wildman–Crippen MR) is 87.0 cm³/mol. The van der Waals surface area contributed by atoms with Crippen molar-refractivity contribution in [1.29, 1.82) is 0 Å². The van der Waals surface area contributed by atoms with Crippen LogP contribution >= 0.6 is 11.3 Å². The quantitative estimate of drug-likeness (QED) is 0.887. The van der Waals surface area contributed by atoms with Gasteiger partial charge in [-0.2, -0.15) is 0 Å². The Morgan fingerprint density at radius 1 is 1.43 bits per heavy atom.